The Kier molecular flexibility index (Phi) is 6.12. The molecule has 24 heavy (non-hydrogen) atoms. The number of likely N-dealkylation sites (tertiary alicyclic amines) is 1. The van der Waals surface area contributed by atoms with Gasteiger partial charge in [0.15, 0.2) is 0 Å². The van der Waals surface area contributed by atoms with Gasteiger partial charge < -0.3 is 9.80 Å². The second kappa shape index (κ2) is 8.08. The number of rotatable bonds is 5. The van der Waals surface area contributed by atoms with Gasteiger partial charge in [-0.1, -0.05) is 12.2 Å². The molecule has 0 spiro atoms. The summed E-state index contributed by atoms with van der Waals surface area (Å²) in [4.78, 5) is 28.8. The van der Waals surface area contributed by atoms with Crippen molar-refractivity contribution < 1.29 is 14.0 Å². The molecule has 130 valence electrons. The smallest absolute Gasteiger partial charge is 0.253 e. The second-order valence-corrected chi connectivity index (χ2v) is 6.41. The van der Waals surface area contributed by atoms with E-state index in [-0.39, 0.29) is 23.5 Å². The molecule has 1 atom stereocenters. The molecular weight excluding hydrogens is 307 g/mol. The van der Waals surface area contributed by atoms with Crippen molar-refractivity contribution in [2.24, 2.45) is 5.92 Å². The van der Waals surface area contributed by atoms with Gasteiger partial charge in [0, 0.05) is 31.7 Å². The van der Waals surface area contributed by atoms with Crippen LogP contribution in [0, 0.1) is 11.7 Å². The highest BCUT2D eigenvalue weighted by Gasteiger charge is 2.31. The average molecular weight is 332 g/mol. The zero-order valence-electron chi connectivity index (χ0n) is 14.4. The van der Waals surface area contributed by atoms with Crippen LogP contribution in [-0.4, -0.2) is 47.8 Å². The molecule has 1 unspecified atom stereocenters. The molecule has 4 nitrogen and oxygen atoms in total. The van der Waals surface area contributed by atoms with Crippen LogP contribution in [0.4, 0.5) is 4.39 Å². The first-order valence-corrected chi connectivity index (χ1v) is 8.40. The van der Waals surface area contributed by atoms with Gasteiger partial charge >= 0.3 is 0 Å². The van der Waals surface area contributed by atoms with Gasteiger partial charge in [-0.3, -0.25) is 9.59 Å². The first-order valence-electron chi connectivity index (χ1n) is 8.40. The molecule has 1 fully saturated rings. The maximum Gasteiger partial charge on any atom is 0.253 e. The van der Waals surface area contributed by atoms with Crippen molar-refractivity contribution in [3.05, 3.63) is 47.8 Å². The van der Waals surface area contributed by atoms with Gasteiger partial charge in [-0.2, -0.15) is 0 Å². The lowest BCUT2D eigenvalue weighted by molar-refractivity contribution is -0.136. The van der Waals surface area contributed by atoms with Crippen LogP contribution in [0.2, 0.25) is 0 Å². The van der Waals surface area contributed by atoms with Gasteiger partial charge in [0.1, 0.15) is 5.82 Å². The minimum Gasteiger partial charge on any atom is -0.339 e. The highest BCUT2D eigenvalue weighted by Crippen LogP contribution is 2.21. The molecule has 2 amide bonds. The lowest BCUT2D eigenvalue weighted by Crippen LogP contribution is -2.47. The van der Waals surface area contributed by atoms with Crippen LogP contribution in [0.25, 0.3) is 0 Å². The minimum atomic E-state index is -0.364. The number of likely N-dealkylation sites (N-methyl/N-ethyl adjacent to an activating group) is 1. The Labute approximate surface area is 142 Å². The predicted octanol–water partition coefficient (Wildman–Crippen LogP) is 3.10. The molecule has 1 aliphatic heterocycles. The van der Waals surface area contributed by atoms with Crippen LogP contribution in [0.3, 0.4) is 0 Å². The molecule has 0 aromatic heterocycles. The van der Waals surface area contributed by atoms with Crippen molar-refractivity contribution in [1.82, 2.24) is 9.80 Å². The summed E-state index contributed by atoms with van der Waals surface area (Å²) < 4.78 is 13.0. The van der Waals surface area contributed by atoms with E-state index in [9.17, 15) is 14.0 Å². The number of carbonyl (C=O) groups excluding carboxylic acids is 2. The van der Waals surface area contributed by atoms with Gasteiger partial charge in [0.05, 0.1) is 5.92 Å². The minimum absolute atomic E-state index is 0.0807. The first kappa shape index (κ1) is 18.2. The van der Waals surface area contributed by atoms with Gasteiger partial charge in [-0.05, 0) is 51.0 Å². The topological polar surface area (TPSA) is 40.6 Å². The summed E-state index contributed by atoms with van der Waals surface area (Å²) >= 11 is 0. The zero-order valence-corrected chi connectivity index (χ0v) is 14.4. The van der Waals surface area contributed by atoms with Crippen LogP contribution in [-0.2, 0) is 4.79 Å². The Bertz CT molecular complexity index is 612. The molecule has 1 saturated heterocycles. The normalized spacial score (nSPS) is 17.5. The van der Waals surface area contributed by atoms with E-state index >= 15 is 0 Å². The number of amides is 2. The first-order chi connectivity index (χ1) is 11.4. The Morgan fingerprint density at radius 1 is 1.33 bits per heavy atom. The molecule has 1 aromatic carbocycles. The molecule has 2 rings (SSSR count). The van der Waals surface area contributed by atoms with E-state index < -0.39 is 0 Å². The van der Waals surface area contributed by atoms with Crippen LogP contribution in [0.15, 0.2) is 36.4 Å². The lowest BCUT2D eigenvalue weighted by atomic mass is 9.95. The molecule has 5 heteroatoms. The van der Waals surface area contributed by atoms with E-state index in [0.29, 0.717) is 31.7 Å². The monoisotopic (exact) mass is 332 g/mol. The van der Waals surface area contributed by atoms with Gasteiger partial charge in [-0.25, -0.2) is 4.39 Å². The van der Waals surface area contributed by atoms with E-state index in [1.807, 2.05) is 13.8 Å². The summed E-state index contributed by atoms with van der Waals surface area (Å²) in [5.41, 5.74) is 1.40. The molecule has 0 bridgehead atoms. The number of piperidine rings is 1. The molecule has 0 saturated carbocycles. The molecule has 0 radical (unpaired) electrons. The number of carbonyl (C=O) groups is 2. The third kappa shape index (κ3) is 4.43. The summed E-state index contributed by atoms with van der Waals surface area (Å²) in [7, 11) is 0. The molecule has 0 aliphatic carbocycles. The van der Waals surface area contributed by atoms with Crippen molar-refractivity contribution in [2.75, 3.05) is 26.2 Å². The molecule has 1 aliphatic rings. The average Bonchev–Trinajstić information content (AvgIpc) is 2.59. The van der Waals surface area contributed by atoms with E-state index in [0.717, 1.165) is 18.4 Å². The fourth-order valence-corrected chi connectivity index (χ4v) is 3.07. The van der Waals surface area contributed by atoms with Crippen molar-refractivity contribution >= 4 is 11.8 Å². The molecular formula is C19H25FN2O2. The number of benzene rings is 1. The highest BCUT2D eigenvalue weighted by atomic mass is 19.1. The Balaban J connectivity index is 2.05. The molecule has 1 heterocycles. The van der Waals surface area contributed by atoms with E-state index in [4.69, 9.17) is 0 Å². The molecule has 0 N–H and O–H groups in total. The fourth-order valence-electron chi connectivity index (χ4n) is 3.07. The summed E-state index contributed by atoms with van der Waals surface area (Å²) in [5, 5.41) is 0. The SMILES string of the molecule is C=C(C)CN(CC)C(=O)C1CCCN(C(=O)c2ccc(F)cc2)C1. The Morgan fingerprint density at radius 2 is 2.00 bits per heavy atom. The number of hydrogen-bond acceptors (Lipinski definition) is 2. The van der Waals surface area contributed by atoms with Crippen molar-refractivity contribution in [3.63, 3.8) is 0 Å². The third-order valence-corrected chi connectivity index (χ3v) is 4.30. The van der Waals surface area contributed by atoms with Crippen LogP contribution in [0.5, 0.6) is 0 Å². The summed E-state index contributed by atoms with van der Waals surface area (Å²) in [6, 6.07) is 5.54. The predicted molar refractivity (Wildman–Crippen MR) is 92.1 cm³/mol. The van der Waals surface area contributed by atoms with E-state index in [1.165, 1.54) is 24.3 Å². The summed E-state index contributed by atoms with van der Waals surface area (Å²) in [6.07, 6.45) is 1.59. The standard InChI is InChI=1S/C19H25FN2O2/c1-4-21(12-14(2)3)19(24)16-6-5-11-22(13-16)18(23)15-7-9-17(20)10-8-15/h7-10,16H,2,4-6,11-13H2,1,3H3. The highest BCUT2D eigenvalue weighted by molar-refractivity contribution is 5.94. The maximum absolute atomic E-state index is 13.0. The number of nitrogens with zero attached hydrogens (tertiary/aromatic N) is 2. The van der Waals surface area contributed by atoms with Gasteiger partial charge in [0.2, 0.25) is 5.91 Å². The molecule has 1 aromatic rings. The Morgan fingerprint density at radius 3 is 2.58 bits per heavy atom. The van der Waals surface area contributed by atoms with Crippen molar-refractivity contribution in [3.8, 4) is 0 Å². The third-order valence-electron chi connectivity index (χ3n) is 4.30. The number of hydrogen-bond donors (Lipinski definition) is 0. The van der Waals surface area contributed by atoms with Gasteiger partial charge in [-0.15, -0.1) is 0 Å². The van der Waals surface area contributed by atoms with E-state index in [2.05, 4.69) is 6.58 Å². The van der Waals surface area contributed by atoms with Crippen molar-refractivity contribution in [1.29, 1.82) is 0 Å². The van der Waals surface area contributed by atoms with Crippen LogP contribution in [0.1, 0.15) is 37.0 Å². The fraction of sp³-hybridized carbons (Fsp3) is 0.474. The summed E-state index contributed by atoms with van der Waals surface area (Å²) in [5.74, 6) is -0.605. The van der Waals surface area contributed by atoms with Crippen LogP contribution >= 0.6 is 0 Å². The quantitative estimate of drug-likeness (QED) is 0.778. The van der Waals surface area contributed by atoms with Crippen LogP contribution < -0.4 is 0 Å². The largest absolute Gasteiger partial charge is 0.339 e. The van der Waals surface area contributed by atoms with Crippen molar-refractivity contribution in [2.45, 2.75) is 26.7 Å². The number of halogens is 1. The lowest BCUT2D eigenvalue weighted by Gasteiger charge is -2.35. The summed E-state index contributed by atoms with van der Waals surface area (Å²) in [6.45, 7) is 9.96. The zero-order chi connectivity index (χ0) is 17.7. The Hall–Kier alpha value is -2.17. The van der Waals surface area contributed by atoms with Gasteiger partial charge in [0.25, 0.3) is 5.91 Å². The maximum atomic E-state index is 13.0. The van der Waals surface area contributed by atoms with E-state index in [1.54, 1.807) is 9.80 Å². The second-order valence-electron chi connectivity index (χ2n) is 6.41.